The SMILES string of the molecule is [CH2]c1ccc(N(c2ccc(C)cc2)[SH](=O)=O)cc1. The molecule has 2 aromatic carbocycles. The highest BCUT2D eigenvalue weighted by Crippen LogP contribution is 2.25. The first-order valence-electron chi connectivity index (χ1n) is 5.51. The van der Waals surface area contributed by atoms with Gasteiger partial charge in [-0.05, 0) is 43.7 Å². The highest BCUT2D eigenvalue weighted by Gasteiger charge is 2.10. The summed E-state index contributed by atoms with van der Waals surface area (Å²) in [6.45, 7) is 5.74. The van der Waals surface area contributed by atoms with Crippen LogP contribution in [0.15, 0.2) is 48.5 Å². The minimum absolute atomic E-state index is 0.613. The van der Waals surface area contributed by atoms with Crippen LogP contribution in [-0.2, 0) is 10.9 Å². The zero-order chi connectivity index (χ0) is 13.1. The molecule has 0 heterocycles. The molecule has 0 atom stereocenters. The Bertz CT molecular complexity index is 547. The van der Waals surface area contributed by atoms with E-state index in [0.29, 0.717) is 11.4 Å². The predicted molar refractivity (Wildman–Crippen MR) is 74.5 cm³/mol. The van der Waals surface area contributed by atoms with Gasteiger partial charge in [-0.3, -0.25) is 0 Å². The van der Waals surface area contributed by atoms with Crippen LogP contribution in [0.4, 0.5) is 11.4 Å². The first kappa shape index (κ1) is 12.6. The van der Waals surface area contributed by atoms with E-state index in [1.165, 1.54) is 4.31 Å². The summed E-state index contributed by atoms with van der Waals surface area (Å²) in [6.07, 6.45) is 0. The molecule has 0 aromatic heterocycles. The molecule has 0 N–H and O–H groups in total. The van der Waals surface area contributed by atoms with Crippen molar-refractivity contribution in [2.24, 2.45) is 0 Å². The number of nitrogens with zero attached hydrogens (tertiary/aromatic N) is 1. The van der Waals surface area contributed by atoms with E-state index in [1.54, 1.807) is 36.4 Å². The minimum Gasteiger partial charge on any atom is -0.241 e. The fraction of sp³-hybridized carbons (Fsp3) is 0.0714. The Balaban J connectivity index is 2.46. The molecule has 93 valence electrons. The normalized spacial score (nSPS) is 10.6. The zero-order valence-corrected chi connectivity index (χ0v) is 10.9. The third-order valence-corrected chi connectivity index (χ3v) is 3.41. The summed E-state index contributed by atoms with van der Waals surface area (Å²) in [5.74, 6) is 0. The molecule has 0 spiro atoms. The summed E-state index contributed by atoms with van der Waals surface area (Å²) in [4.78, 5) is 0. The fourth-order valence-corrected chi connectivity index (χ4v) is 2.30. The Hall–Kier alpha value is -1.81. The van der Waals surface area contributed by atoms with Crippen molar-refractivity contribution in [1.29, 1.82) is 0 Å². The van der Waals surface area contributed by atoms with Crippen molar-refractivity contribution >= 4 is 22.3 Å². The van der Waals surface area contributed by atoms with Gasteiger partial charge < -0.3 is 0 Å². The van der Waals surface area contributed by atoms with Crippen LogP contribution < -0.4 is 4.31 Å². The number of anilines is 2. The second-order valence-electron chi connectivity index (χ2n) is 4.05. The number of thiol groups is 1. The Labute approximate surface area is 109 Å². The first-order chi connectivity index (χ1) is 8.58. The Morgan fingerprint density at radius 1 is 0.889 bits per heavy atom. The van der Waals surface area contributed by atoms with Crippen molar-refractivity contribution in [3.05, 3.63) is 66.6 Å². The minimum atomic E-state index is -2.72. The average molecular weight is 260 g/mol. The van der Waals surface area contributed by atoms with Gasteiger partial charge in [0.2, 0.25) is 10.9 Å². The first-order valence-corrected chi connectivity index (χ1v) is 6.64. The summed E-state index contributed by atoms with van der Waals surface area (Å²) in [5, 5.41) is 0. The molecule has 2 rings (SSSR count). The molecular formula is C14H14NO2S. The largest absolute Gasteiger partial charge is 0.241 e. The highest BCUT2D eigenvalue weighted by atomic mass is 32.2. The van der Waals surface area contributed by atoms with E-state index in [4.69, 9.17) is 0 Å². The lowest BCUT2D eigenvalue weighted by Gasteiger charge is -2.18. The van der Waals surface area contributed by atoms with Gasteiger partial charge in [0.1, 0.15) is 0 Å². The number of rotatable bonds is 3. The van der Waals surface area contributed by atoms with E-state index >= 15 is 0 Å². The molecule has 0 amide bonds. The quantitative estimate of drug-likeness (QED) is 0.862. The van der Waals surface area contributed by atoms with Crippen molar-refractivity contribution < 1.29 is 8.42 Å². The highest BCUT2D eigenvalue weighted by molar-refractivity contribution is 7.74. The van der Waals surface area contributed by atoms with E-state index in [9.17, 15) is 8.42 Å². The van der Waals surface area contributed by atoms with Crippen LogP contribution in [0.3, 0.4) is 0 Å². The van der Waals surface area contributed by atoms with Crippen LogP contribution in [0, 0.1) is 13.8 Å². The van der Waals surface area contributed by atoms with Crippen LogP contribution >= 0.6 is 0 Å². The van der Waals surface area contributed by atoms with E-state index in [2.05, 4.69) is 6.92 Å². The summed E-state index contributed by atoms with van der Waals surface area (Å²) in [7, 11) is -2.72. The van der Waals surface area contributed by atoms with Crippen molar-refractivity contribution in [3.8, 4) is 0 Å². The van der Waals surface area contributed by atoms with Crippen molar-refractivity contribution in [2.75, 3.05) is 4.31 Å². The smallest absolute Gasteiger partial charge is 0.229 e. The molecule has 0 aliphatic heterocycles. The van der Waals surface area contributed by atoms with Gasteiger partial charge in [0.05, 0.1) is 11.4 Å². The van der Waals surface area contributed by atoms with Gasteiger partial charge in [-0.15, -0.1) is 0 Å². The molecule has 1 radical (unpaired) electrons. The molecule has 0 fully saturated rings. The maximum Gasteiger partial charge on any atom is 0.229 e. The van der Waals surface area contributed by atoms with Gasteiger partial charge in [0, 0.05) is 0 Å². The van der Waals surface area contributed by atoms with E-state index in [-0.39, 0.29) is 0 Å². The fourth-order valence-electron chi connectivity index (χ4n) is 1.66. The molecule has 3 nitrogen and oxygen atoms in total. The number of aryl methyl sites for hydroxylation is 1. The lowest BCUT2D eigenvalue weighted by molar-refractivity contribution is 0.614. The van der Waals surface area contributed by atoms with Gasteiger partial charge in [-0.1, -0.05) is 29.8 Å². The van der Waals surface area contributed by atoms with Crippen LogP contribution in [0.1, 0.15) is 11.1 Å². The van der Waals surface area contributed by atoms with Crippen LogP contribution in [-0.4, -0.2) is 8.42 Å². The standard InChI is InChI=1S/C14H14NO2S/c1-11-3-7-13(8-4-11)15(18(16)17)14-9-5-12(2)6-10-14/h3-10,18H,1H2,2H3. The molecule has 0 aliphatic rings. The van der Waals surface area contributed by atoms with Crippen molar-refractivity contribution in [2.45, 2.75) is 6.92 Å². The Kier molecular flexibility index (Phi) is 3.67. The van der Waals surface area contributed by atoms with E-state index in [0.717, 1.165) is 11.1 Å². The monoisotopic (exact) mass is 260 g/mol. The summed E-state index contributed by atoms with van der Waals surface area (Å²) < 4.78 is 24.1. The molecule has 4 heteroatoms. The molecule has 18 heavy (non-hydrogen) atoms. The van der Waals surface area contributed by atoms with E-state index in [1.807, 2.05) is 19.1 Å². The molecule has 0 aliphatic carbocycles. The molecule has 0 bridgehead atoms. The average Bonchev–Trinajstić information content (AvgIpc) is 2.34. The van der Waals surface area contributed by atoms with Crippen molar-refractivity contribution in [1.82, 2.24) is 0 Å². The number of benzene rings is 2. The molecule has 0 saturated heterocycles. The lowest BCUT2D eigenvalue weighted by Crippen LogP contribution is -2.14. The van der Waals surface area contributed by atoms with Gasteiger partial charge in [-0.2, -0.15) is 0 Å². The Morgan fingerprint density at radius 3 is 1.78 bits per heavy atom. The lowest BCUT2D eigenvalue weighted by atomic mass is 10.2. The molecular weight excluding hydrogens is 246 g/mol. The van der Waals surface area contributed by atoms with Gasteiger partial charge in [0.25, 0.3) is 0 Å². The van der Waals surface area contributed by atoms with Gasteiger partial charge in [0.15, 0.2) is 0 Å². The second kappa shape index (κ2) is 5.23. The maximum absolute atomic E-state index is 11.4. The number of hydrogen-bond donors (Lipinski definition) is 1. The van der Waals surface area contributed by atoms with Crippen LogP contribution in [0.5, 0.6) is 0 Å². The number of hydrogen-bond acceptors (Lipinski definition) is 2. The summed E-state index contributed by atoms with van der Waals surface area (Å²) >= 11 is 0. The Morgan fingerprint density at radius 2 is 1.33 bits per heavy atom. The van der Waals surface area contributed by atoms with Crippen LogP contribution in [0.25, 0.3) is 0 Å². The maximum atomic E-state index is 11.4. The molecule has 2 aromatic rings. The van der Waals surface area contributed by atoms with E-state index < -0.39 is 10.9 Å². The predicted octanol–water partition coefficient (Wildman–Crippen LogP) is 2.84. The van der Waals surface area contributed by atoms with Gasteiger partial charge >= 0.3 is 0 Å². The van der Waals surface area contributed by atoms with Crippen LogP contribution in [0.2, 0.25) is 0 Å². The zero-order valence-electron chi connectivity index (χ0n) is 10.0. The summed E-state index contributed by atoms with van der Waals surface area (Å²) in [5.41, 5.74) is 3.19. The third-order valence-electron chi connectivity index (χ3n) is 2.62. The summed E-state index contributed by atoms with van der Waals surface area (Å²) in [6, 6.07) is 14.4. The van der Waals surface area contributed by atoms with Gasteiger partial charge in [-0.25, -0.2) is 12.7 Å². The third kappa shape index (κ3) is 2.71. The molecule has 0 saturated carbocycles. The molecule has 0 unspecified atom stereocenters. The second-order valence-corrected chi connectivity index (χ2v) is 4.93. The van der Waals surface area contributed by atoms with Crippen molar-refractivity contribution in [3.63, 3.8) is 0 Å². The topological polar surface area (TPSA) is 37.4 Å².